The summed E-state index contributed by atoms with van der Waals surface area (Å²) in [5, 5.41) is 5.41. The summed E-state index contributed by atoms with van der Waals surface area (Å²) >= 11 is 0. The molecule has 2 N–H and O–H groups in total. The molecule has 0 aliphatic carbocycles. The number of esters is 1. The van der Waals surface area contributed by atoms with Crippen molar-refractivity contribution in [1.29, 1.82) is 0 Å². The minimum Gasteiger partial charge on any atom is -0.427 e. The summed E-state index contributed by atoms with van der Waals surface area (Å²) in [6.45, 7) is 1.28. The first-order valence-electron chi connectivity index (χ1n) is 9.14. The Bertz CT molecular complexity index is 1100. The third-order valence-electron chi connectivity index (χ3n) is 4.07. The van der Waals surface area contributed by atoms with Gasteiger partial charge in [0.05, 0.1) is 6.42 Å². The quantitative estimate of drug-likeness (QED) is 0.475. The largest absolute Gasteiger partial charge is 0.427 e. The molecule has 2 amide bonds. The number of carbonyl (C=O) groups excluding carboxylic acids is 3. The van der Waals surface area contributed by atoms with Gasteiger partial charge >= 0.3 is 5.97 Å². The zero-order valence-corrected chi connectivity index (χ0v) is 16.1. The van der Waals surface area contributed by atoms with E-state index in [0.717, 1.165) is 0 Å². The molecule has 3 aromatic rings. The van der Waals surface area contributed by atoms with Gasteiger partial charge < -0.3 is 15.4 Å². The molecular formula is C23H19FN2O4. The Balaban J connectivity index is 1.65. The van der Waals surface area contributed by atoms with Gasteiger partial charge in [0.1, 0.15) is 11.6 Å². The summed E-state index contributed by atoms with van der Waals surface area (Å²) in [7, 11) is 0. The highest BCUT2D eigenvalue weighted by atomic mass is 19.1. The molecule has 152 valence electrons. The number of halogens is 1. The van der Waals surface area contributed by atoms with Crippen molar-refractivity contribution in [2.24, 2.45) is 0 Å². The van der Waals surface area contributed by atoms with Gasteiger partial charge in [0, 0.05) is 23.9 Å². The molecule has 0 spiro atoms. The lowest BCUT2D eigenvalue weighted by Gasteiger charge is -2.10. The summed E-state index contributed by atoms with van der Waals surface area (Å²) in [5.41, 5.74) is 1.53. The standard InChI is InChI=1S/C23H19FN2O4/c1-15(27)30-20-10-4-7-17(12-20)23(29)26-19-9-5-8-18(14-19)25-22(28)13-16-6-2-3-11-21(16)24/h2-12,14H,13H2,1H3,(H,25,28)(H,26,29). The Labute approximate surface area is 172 Å². The monoisotopic (exact) mass is 406 g/mol. The van der Waals surface area contributed by atoms with Gasteiger partial charge in [0.15, 0.2) is 0 Å². The van der Waals surface area contributed by atoms with Crippen molar-refractivity contribution in [2.75, 3.05) is 10.6 Å². The molecule has 0 aromatic heterocycles. The summed E-state index contributed by atoms with van der Waals surface area (Å²) in [6, 6.07) is 18.9. The summed E-state index contributed by atoms with van der Waals surface area (Å²) in [6.07, 6.45) is -0.105. The van der Waals surface area contributed by atoms with Crippen molar-refractivity contribution in [3.63, 3.8) is 0 Å². The summed E-state index contributed by atoms with van der Waals surface area (Å²) in [5.74, 6) is -1.43. The van der Waals surface area contributed by atoms with Crippen LogP contribution < -0.4 is 15.4 Å². The predicted molar refractivity (Wildman–Crippen MR) is 111 cm³/mol. The fraction of sp³-hybridized carbons (Fsp3) is 0.0870. The number of benzene rings is 3. The Hall–Kier alpha value is -4.00. The van der Waals surface area contributed by atoms with Crippen molar-refractivity contribution in [3.8, 4) is 5.75 Å². The van der Waals surface area contributed by atoms with E-state index < -0.39 is 17.7 Å². The summed E-state index contributed by atoms with van der Waals surface area (Å²) in [4.78, 5) is 35.8. The van der Waals surface area contributed by atoms with Gasteiger partial charge in [-0.2, -0.15) is 0 Å². The van der Waals surface area contributed by atoms with E-state index in [2.05, 4.69) is 10.6 Å². The van der Waals surface area contributed by atoms with Crippen molar-refractivity contribution in [1.82, 2.24) is 0 Å². The number of carbonyl (C=O) groups is 3. The van der Waals surface area contributed by atoms with E-state index in [1.54, 1.807) is 60.7 Å². The van der Waals surface area contributed by atoms with E-state index in [1.165, 1.54) is 19.1 Å². The van der Waals surface area contributed by atoms with Crippen LogP contribution in [0.5, 0.6) is 5.75 Å². The Morgan fingerprint density at radius 1 is 0.867 bits per heavy atom. The second-order valence-electron chi connectivity index (χ2n) is 6.47. The molecule has 0 aliphatic heterocycles. The molecule has 0 unspecified atom stereocenters. The number of amides is 2. The fourth-order valence-electron chi connectivity index (χ4n) is 2.76. The van der Waals surface area contributed by atoms with Crippen LogP contribution >= 0.6 is 0 Å². The van der Waals surface area contributed by atoms with E-state index in [0.29, 0.717) is 22.5 Å². The first-order chi connectivity index (χ1) is 14.4. The molecule has 0 radical (unpaired) electrons. The lowest BCUT2D eigenvalue weighted by molar-refractivity contribution is -0.131. The normalized spacial score (nSPS) is 10.2. The molecule has 0 atom stereocenters. The molecule has 0 fully saturated rings. The number of hydrogen-bond acceptors (Lipinski definition) is 4. The van der Waals surface area contributed by atoms with Gasteiger partial charge in [-0.3, -0.25) is 14.4 Å². The van der Waals surface area contributed by atoms with Crippen LogP contribution in [0, 0.1) is 5.82 Å². The highest BCUT2D eigenvalue weighted by Crippen LogP contribution is 2.19. The molecule has 0 saturated heterocycles. The highest BCUT2D eigenvalue weighted by molar-refractivity contribution is 6.05. The third-order valence-corrected chi connectivity index (χ3v) is 4.07. The molecule has 3 aromatic carbocycles. The van der Waals surface area contributed by atoms with E-state index in [4.69, 9.17) is 4.74 Å². The van der Waals surface area contributed by atoms with Gasteiger partial charge in [-0.25, -0.2) is 4.39 Å². The van der Waals surface area contributed by atoms with Gasteiger partial charge in [-0.05, 0) is 48.0 Å². The average Bonchev–Trinajstić information content (AvgIpc) is 2.69. The lowest BCUT2D eigenvalue weighted by atomic mass is 10.1. The molecule has 3 rings (SSSR count). The van der Waals surface area contributed by atoms with Crippen LogP contribution in [0.3, 0.4) is 0 Å². The Kier molecular flexibility index (Phi) is 6.54. The van der Waals surface area contributed by atoms with Crippen LogP contribution in [0.25, 0.3) is 0 Å². The zero-order chi connectivity index (χ0) is 21.5. The van der Waals surface area contributed by atoms with Crippen molar-refractivity contribution in [2.45, 2.75) is 13.3 Å². The van der Waals surface area contributed by atoms with E-state index in [1.807, 2.05) is 0 Å². The van der Waals surface area contributed by atoms with Gasteiger partial charge in [-0.1, -0.05) is 30.3 Å². The van der Waals surface area contributed by atoms with Crippen LogP contribution in [-0.4, -0.2) is 17.8 Å². The molecule has 7 heteroatoms. The maximum atomic E-state index is 13.7. The van der Waals surface area contributed by atoms with Crippen LogP contribution in [0.4, 0.5) is 15.8 Å². The SMILES string of the molecule is CC(=O)Oc1cccc(C(=O)Nc2cccc(NC(=O)Cc3ccccc3F)c2)c1. The molecule has 0 saturated carbocycles. The van der Waals surface area contributed by atoms with E-state index in [-0.39, 0.29) is 18.1 Å². The number of hydrogen-bond donors (Lipinski definition) is 2. The van der Waals surface area contributed by atoms with E-state index in [9.17, 15) is 18.8 Å². The van der Waals surface area contributed by atoms with E-state index >= 15 is 0 Å². The van der Waals surface area contributed by atoms with Crippen LogP contribution in [0.15, 0.2) is 72.8 Å². The Morgan fingerprint density at radius 2 is 1.57 bits per heavy atom. The molecule has 6 nitrogen and oxygen atoms in total. The van der Waals surface area contributed by atoms with Gasteiger partial charge in [-0.15, -0.1) is 0 Å². The van der Waals surface area contributed by atoms with Crippen LogP contribution in [-0.2, 0) is 16.0 Å². The van der Waals surface area contributed by atoms with Crippen molar-refractivity contribution < 1.29 is 23.5 Å². The lowest BCUT2D eigenvalue weighted by Crippen LogP contribution is -2.16. The fourth-order valence-corrected chi connectivity index (χ4v) is 2.76. The molecule has 0 bridgehead atoms. The van der Waals surface area contributed by atoms with Crippen LogP contribution in [0.1, 0.15) is 22.8 Å². The van der Waals surface area contributed by atoms with Gasteiger partial charge in [0.2, 0.25) is 5.91 Å². The zero-order valence-electron chi connectivity index (χ0n) is 16.1. The summed E-state index contributed by atoms with van der Waals surface area (Å²) < 4.78 is 18.7. The van der Waals surface area contributed by atoms with Crippen LogP contribution in [0.2, 0.25) is 0 Å². The minimum absolute atomic E-state index is 0.105. The second-order valence-corrected chi connectivity index (χ2v) is 6.47. The number of ether oxygens (including phenoxy) is 1. The average molecular weight is 406 g/mol. The first-order valence-corrected chi connectivity index (χ1v) is 9.14. The first kappa shape index (κ1) is 20.7. The minimum atomic E-state index is -0.480. The third kappa shape index (κ3) is 5.75. The molecule has 0 heterocycles. The Morgan fingerprint density at radius 3 is 2.30 bits per heavy atom. The topological polar surface area (TPSA) is 84.5 Å². The number of nitrogens with one attached hydrogen (secondary N) is 2. The van der Waals surface area contributed by atoms with Crippen molar-refractivity contribution in [3.05, 3.63) is 89.7 Å². The van der Waals surface area contributed by atoms with Crippen molar-refractivity contribution >= 4 is 29.2 Å². The molecule has 30 heavy (non-hydrogen) atoms. The highest BCUT2D eigenvalue weighted by Gasteiger charge is 2.11. The number of rotatable bonds is 6. The number of anilines is 2. The predicted octanol–water partition coefficient (Wildman–Crippen LogP) is 4.18. The molecule has 0 aliphatic rings. The van der Waals surface area contributed by atoms with Gasteiger partial charge in [0.25, 0.3) is 5.91 Å². The second kappa shape index (κ2) is 9.47. The maximum Gasteiger partial charge on any atom is 0.308 e. The molecular weight excluding hydrogens is 387 g/mol. The maximum absolute atomic E-state index is 13.7. The smallest absolute Gasteiger partial charge is 0.308 e.